The number of hydrogen-bond acceptors (Lipinski definition) is 4. The minimum Gasteiger partial charge on any atom is -0.495 e. The molecule has 0 radical (unpaired) electrons. The third-order valence-corrected chi connectivity index (χ3v) is 2.38. The zero-order valence-electron chi connectivity index (χ0n) is 9.62. The molecule has 0 spiro atoms. The number of ether oxygens (including phenoxy) is 2. The third-order valence-electron chi connectivity index (χ3n) is 2.11. The Hall–Kier alpha value is -1.70. The van der Waals surface area contributed by atoms with Gasteiger partial charge in [0.1, 0.15) is 5.75 Å². The number of carbonyl (C=O) groups is 1. The van der Waals surface area contributed by atoms with Crippen molar-refractivity contribution >= 4 is 17.6 Å². The Balaban J connectivity index is 3.31. The number of alkyl halides is 4. The van der Waals surface area contributed by atoms with E-state index in [1.807, 2.05) is 0 Å². The summed E-state index contributed by atoms with van der Waals surface area (Å²) in [6, 6.07) is 0. The highest BCUT2D eigenvalue weighted by Gasteiger charge is 2.34. The molecule has 0 atom stereocenters. The molecule has 0 fully saturated rings. The van der Waals surface area contributed by atoms with Crippen molar-refractivity contribution in [1.29, 1.82) is 0 Å². The fourth-order valence-electron chi connectivity index (χ4n) is 1.41. The Labute approximate surface area is 110 Å². The van der Waals surface area contributed by atoms with Crippen molar-refractivity contribution < 1.29 is 32.5 Å². The third kappa shape index (κ3) is 4.16. The van der Waals surface area contributed by atoms with Gasteiger partial charge in [-0.15, -0.1) is 24.8 Å². The Morgan fingerprint density at radius 1 is 1.47 bits per heavy atom. The van der Waals surface area contributed by atoms with E-state index in [4.69, 9.17) is 21.4 Å². The first kappa shape index (κ1) is 15.4. The monoisotopic (exact) mass is 299 g/mol. The summed E-state index contributed by atoms with van der Waals surface area (Å²) < 4.78 is 45.1. The van der Waals surface area contributed by atoms with E-state index in [0.717, 1.165) is 6.20 Å². The van der Waals surface area contributed by atoms with Gasteiger partial charge < -0.3 is 14.6 Å². The molecule has 0 bridgehead atoms. The van der Waals surface area contributed by atoms with Gasteiger partial charge in [0.2, 0.25) is 5.88 Å². The fourth-order valence-corrected chi connectivity index (χ4v) is 1.68. The van der Waals surface area contributed by atoms with Gasteiger partial charge >= 0.3 is 12.3 Å². The van der Waals surface area contributed by atoms with Crippen molar-refractivity contribution in [2.24, 2.45) is 0 Å². The van der Waals surface area contributed by atoms with E-state index in [1.165, 1.54) is 7.11 Å². The SMILES string of the molecule is COc1cnc(OC(F)(F)F)c(CCl)c1CC(=O)O. The van der Waals surface area contributed by atoms with Gasteiger partial charge in [0, 0.05) is 11.1 Å². The van der Waals surface area contributed by atoms with Crippen molar-refractivity contribution in [3.8, 4) is 11.6 Å². The summed E-state index contributed by atoms with van der Waals surface area (Å²) in [5, 5.41) is 8.75. The molecule has 0 unspecified atom stereocenters. The minimum absolute atomic E-state index is 0.000694. The van der Waals surface area contributed by atoms with E-state index < -0.39 is 30.5 Å². The summed E-state index contributed by atoms with van der Waals surface area (Å²) in [6.45, 7) is 0. The van der Waals surface area contributed by atoms with Crippen LogP contribution < -0.4 is 9.47 Å². The van der Waals surface area contributed by atoms with Crippen LogP contribution in [0.5, 0.6) is 11.6 Å². The van der Waals surface area contributed by atoms with Gasteiger partial charge in [-0.1, -0.05) is 0 Å². The summed E-state index contributed by atoms with van der Waals surface area (Å²) >= 11 is 5.54. The molecule has 9 heteroatoms. The van der Waals surface area contributed by atoms with Crippen LogP contribution in [0.4, 0.5) is 13.2 Å². The second-order valence-corrected chi connectivity index (χ2v) is 3.61. The van der Waals surface area contributed by atoms with Gasteiger partial charge in [0.25, 0.3) is 0 Å². The molecule has 5 nitrogen and oxygen atoms in total. The summed E-state index contributed by atoms with van der Waals surface area (Å²) in [5.74, 6) is -2.38. The van der Waals surface area contributed by atoms with Gasteiger partial charge in [-0.05, 0) is 0 Å². The number of methoxy groups -OCH3 is 1. The normalized spacial score (nSPS) is 11.2. The average molecular weight is 300 g/mol. The van der Waals surface area contributed by atoms with Gasteiger partial charge in [0.05, 0.1) is 25.6 Å². The smallest absolute Gasteiger partial charge is 0.495 e. The molecular weight excluding hydrogens is 291 g/mol. The van der Waals surface area contributed by atoms with Crippen LogP contribution in [0.1, 0.15) is 11.1 Å². The van der Waals surface area contributed by atoms with E-state index in [0.29, 0.717) is 0 Å². The maximum Gasteiger partial charge on any atom is 0.574 e. The molecule has 0 aromatic carbocycles. The lowest BCUT2D eigenvalue weighted by Gasteiger charge is -2.15. The molecule has 106 valence electrons. The Morgan fingerprint density at radius 2 is 2.11 bits per heavy atom. The molecule has 0 aliphatic rings. The summed E-state index contributed by atoms with van der Waals surface area (Å²) in [4.78, 5) is 14.1. The molecule has 1 aromatic heterocycles. The Bertz CT molecular complexity index is 479. The van der Waals surface area contributed by atoms with E-state index in [9.17, 15) is 18.0 Å². The van der Waals surface area contributed by atoms with Crippen LogP contribution in [-0.4, -0.2) is 29.5 Å². The van der Waals surface area contributed by atoms with Crippen molar-refractivity contribution in [1.82, 2.24) is 4.98 Å². The molecule has 1 heterocycles. The number of pyridine rings is 1. The molecule has 0 saturated carbocycles. The predicted molar refractivity (Wildman–Crippen MR) is 58.4 cm³/mol. The number of carboxylic acids is 1. The molecular formula is C10H9ClF3NO4. The first-order valence-electron chi connectivity index (χ1n) is 4.86. The van der Waals surface area contributed by atoms with Crippen LogP contribution in [0.3, 0.4) is 0 Å². The summed E-state index contributed by atoms with van der Waals surface area (Å²) in [6.07, 6.45) is -4.54. The maximum atomic E-state index is 12.2. The van der Waals surface area contributed by atoms with Crippen molar-refractivity contribution in [3.63, 3.8) is 0 Å². The molecule has 0 aliphatic heterocycles. The fraction of sp³-hybridized carbons (Fsp3) is 0.400. The predicted octanol–water partition coefficient (Wildman–Crippen LogP) is 2.35. The number of carboxylic acid groups (broad SMARTS) is 1. The largest absolute Gasteiger partial charge is 0.574 e. The van der Waals surface area contributed by atoms with Gasteiger partial charge in [-0.25, -0.2) is 4.98 Å². The van der Waals surface area contributed by atoms with Crippen LogP contribution in [-0.2, 0) is 17.1 Å². The quantitative estimate of drug-likeness (QED) is 0.845. The molecule has 1 N–H and O–H groups in total. The van der Waals surface area contributed by atoms with Crippen molar-refractivity contribution in [2.45, 2.75) is 18.7 Å². The molecule has 19 heavy (non-hydrogen) atoms. The summed E-state index contributed by atoms with van der Waals surface area (Å²) in [7, 11) is 1.24. The Kier molecular flexibility index (Phi) is 4.82. The van der Waals surface area contributed by atoms with Crippen LogP contribution in [0, 0.1) is 0 Å². The van der Waals surface area contributed by atoms with Gasteiger partial charge in [0.15, 0.2) is 0 Å². The number of rotatable bonds is 5. The van der Waals surface area contributed by atoms with Crippen LogP contribution in [0.25, 0.3) is 0 Å². The maximum absolute atomic E-state index is 12.2. The molecule has 0 saturated heterocycles. The van der Waals surface area contributed by atoms with E-state index in [1.54, 1.807) is 0 Å². The lowest BCUT2D eigenvalue weighted by Crippen LogP contribution is -2.20. The number of aromatic nitrogens is 1. The lowest BCUT2D eigenvalue weighted by atomic mass is 10.1. The first-order valence-corrected chi connectivity index (χ1v) is 5.40. The molecule has 0 aliphatic carbocycles. The summed E-state index contributed by atoms with van der Waals surface area (Å²) in [5.41, 5.74) is -0.167. The topological polar surface area (TPSA) is 68.7 Å². The zero-order chi connectivity index (χ0) is 14.6. The molecule has 1 aromatic rings. The first-order chi connectivity index (χ1) is 8.78. The average Bonchev–Trinajstić information content (AvgIpc) is 2.27. The van der Waals surface area contributed by atoms with Crippen molar-refractivity contribution in [2.75, 3.05) is 7.11 Å². The van der Waals surface area contributed by atoms with E-state index in [-0.39, 0.29) is 16.9 Å². The number of nitrogens with zero attached hydrogens (tertiary/aromatic N) is 1. The zero-order valence-corrected chi connectivity index (χ0v) is 10.4. The van der Waals surface area contributed by atoms with Crippen LogP contribution in [0.2, 0.25) is 0 Å². The van der Waals surface area contributed by atoms with Gasteiger partial charge in [-0.3, -0.25) is 4.79 Å². The van der Waals surface area contributed by atoms with Crippen molar-refractivity contribution in [3.05, 3.63) is 17.3 Å². The number of halogens is 4. The highest BCUT2D eigenvalue weighted by molar-refractivity contribution is 6.17. The second kappa shape index (κ2) is 5.96. The van der Waals surface area contributed by atoms with E-state index >= 15 is 0 Å². The van der Waals surface area contributed by atoms with Crippen LogP contribution in [0.15, 0.2) is 6.20 Å². The van der Waals surface area contributed by atoms with Gasteiger partial charge in [-0.2, -0.15) is 0 Å². The number of hydrogen-bond donors (Lipinski definition) is 1. The number of aliphatic carboxylic acids is 1. The second-order valence-electron chi connectivity index (χ2n) is 3.34. The Morgan fingerprint density at radius 3 is 2.53 bits per heavy atom. The standard InChI is InChI=1S/C10H9ClF3NO4/c1-18-7-4-15-9(19-10(12,13)14)6(3-11)5(7)2-8(16)17/h4H,2-3H2,1H3,(H,16,17). The lowest BCUT2D eigenvalue weighted by molar-refractivity contribution is -0.276. The molecule has 0 amide bonds. The highest BCUT2D eigenvalue weighted by atomic mass is 35.5. The highest BCUT2D eigenvalue weighted by Crippen LogP contribution is 2.33. The minimum atomic E-state index is -4.94. The molecule has 1 rings (SSSR count). The van der Waals surface area contributed by atoms with E-state index in [2.05, 4.69) is 9.72 Å². The van der Waals surface area contributed by atoms with Crippen LogP contribution >= 0.6 is 11.6 Å².